The Morgan fingerprint density at radius 2 is 2.05 bits per heavy atom. The van der Waals surface area contributed by atoms with Crippen molar-refractivity contribution < 1.29 is 9.53 Å². The Kier molecular flexibility index (Phi) is 6.41. The highest BCUT2D eigenvalue weighted by atomic mass is 16.6. The maximum absolute atomic E-state index is 11.9. The van der Waals surface area contributed by atoms with E-state index in [1.165, 1.54) is 5.56 Å². The molecule has 0 spiro atoms. The molecule has 0 radical (unpaired) electrons. The number of ether oxygens (including phenoxy) is 1. The lowest BCUT2D eigenvalue weighted by molar-refractivity contribution is 0.0490. The van der Waals surface area contributed by atoms with Crippen LogP contribution in [0.2, 0.25) is 0 Å². The summed E-state index contributed by atoms with van der Waals surface area (Å²) in [5.41, 5.74) is 1.84. The van der Waals surface area contributed by atoms with Crippen LogP contribution >= 0.6 is 0 Å². The summed E-state index contributed by atoms with van der Waals surface area (Å²) in [4.78, 5) is 11.9. The molecular formula is C16H30N4O2. The van der Waals surface area contributed by atoms with Gasteiger partial charge >= 0.3 is 6.09 Å². The first kappa shape index (κ1) is 18.5. The number of rotatable bonds is 6. The third-order valence-electron chi connectivity index (χ3n) is 3.52. The number of hydrogen-bond acceptors (Lipinski definition) is 4. The first-order valence-corrected chi connectivity index (χ1v) is 7.78. The Hall–Kier alpha value is -1.56. The lowest BCUT2D eigenvalue weighted by atomic mass is 10.0. The summed E-state index contributed by atoms with van der Waals surface area (Å²) in [6.45, 7) is 13.2. The Morgan fingerprint density at radius 3 is 2.50 bits per heavy atom. The fraction of sp³-hybridized carbons (Fsp3) is 0.750. The molecule has 0 bridgehead atoms. The molecule has 2 N–H and O–H groups in total. The Bertz CT molecular complexity index is 489. The van der Waals surface area contributed by atoms with E-state index in [1.807, 2.05) is 45.6 Å². The average molecular weight is 310 g/mol. The van der Waals surface area contributed by atoms with Crippen LogP contribution in [0, 0.1) is 12.8 Å². The van der Waals surface area contributed by atoms with Gasteiger partial charge < -0.3 is 15.4 Å². The molecule has 22 heavy (non-hydrogen) atoms. The van der Waals surface area contributed by atoms with E-state index in [0.717, 1.165) is 12.2 Å². The second-order valence-electron chi connectivity index (χ2n) is 7.01. The van der Waals surface area contributed by atoms with Crippen molar-refractivity contribution in [2.24, 2.45) is 13.0 Å². The van der Waals surface area contributed by atoms with Gasteiger partial charge in [-0.15, -0.1) is 0 Å². The molecule has 1 rings (SSSR count). The van der Waals surface area contributed by atoms with Crippen LogP contribution in [-0.4, -0.2) is 34.1 Å². The summed E-state index contributed by atoms with van der Waals surface area (Å²) >= 11 is 0. The first-order valence-electron chi connectivity index (χ1n) is 7.78. The van der Waals surface area contributed by atoms with Crippen molar-refractivity contribution in [3.05, 3.63) is 17.5 Å². The molecule has 1 aromatic rings. The average Bonchev–Trinajstić information content (AvgIpc) is 2.67. The molecule has 0 saturated carbocycles. The minimum Gasteiger partial charge on any atom is -0.444 e. The zero-order chi connectivity index (χ0) is 16.9. The van der Waals surface area contributed by atoms with Gasteiger partial charge in [0.15, 0.2) is 0 Å². The molecule has 1 heterocycles. The van der Waals surface area contributed by atoms with Gasteiger partial charge in [0.2, 0.25) is 0 Å². The maximum atomic E-state index is 11.9. The van der Waals surface area contributed by atoms with Crippen molar-refractivity contribution in [2.45, 2.75) is 59.7 Å². The molecule has 1 amide bonds. The summed E-state index contributed by atoms with van der Waals surface area (Å²) in [5, 5.41) is 10.5. The van der Waals surface area contributed by atoms with Gasteiger partial charge in [-0.05, 0) is 33.6 Å². The summed E-state index contributed by atoms with van der Waals surface area (Å²) in [6.07, 6.45) is 1.50. The molecule has 0 aliphatic rings. The van der Waals surface area contributed by atoms with Crippen molar-refractivity contribution in [3.63, 3.8) is 0 Å². The lowest BCUT2D eigenvalue weighted by Gasteiger charge is -2.26. The maximum Gasteiger partial charge on any atom is 0.407 e. The standard InChI is InChI=1S/C16H30N4O2/c1-11(2)14(19-15(21)22-16(4,5)6)10-17-8-13-9-18-20(7)12(13)3/h9,11,14,17H,8,10H2,1-7H3,(H,19,21). The van der Waals surface area contributed by atoms with E-state index in [1.54, 1.807) is 0 Å². The van der Waals surface area contributed by atoms with Crippen LogP contribution in [0.25, 0.3) is 0 Å². The third kappa shape index (κ3) is 6.05. The van der Waals surface area contributed by atoms with Gasteiger partial charge in [0, 0.05) is 37.4 Å². The monoisotopic (exact) mass is 310 g/mol. The number of alkyl carbamates (subject to hydrolysis) is 1. The second kappa shape index (κ2) is 7.63. The highest BCUT2D eigenvalue weighted by molar-refractivity contribution is 5.68. The molecule has 0 fully saturated rings. The zero-order valence-electron chi connectivity index (χ0n) is 14.9. The van der Waals surface area contributed by atoms with Gasteiger partial charge in [-0.25, -0.2) is 4.79 Å². The predicted molar refractivity (Wildman–Crippen MR) is 87.6 cm³/mol. The van der Waals surface area contributed by atoms with Gasteiger partial charge in [-0.2, -0.15) is 5.10 Å². The summed E-state index contributed by atoms with van der Waals surface area (Å²) in [5.74, 6) is 0.315. The van der Waals surface area contributed by atoms with Crippen LogP contribution in [0.3, 0.4) is 0 Å². The first-order chi connectivity index (χ1) is 10.1. The number of nitrogens with one attached hydrogen (secondary N) is 2. The Labute approximate surface area is 133 Å². The number of hydrogen-bond donors (Lipinski definition) is 2. The molecule has 126 valence electrons. The molecule has 6 nitrogen and oxygen atoms in total. The van der Waals surface area contributed by atoms with Crippen LogP contribution in [0.4, 0.5) is 4.79 Å². The van der Waals surface area contributed by atoms with Crippen LogP contribution < -0.4 is 10.6 Å². The van der Waals surface area contributed by atoms with Gasteiger partial charge in [0.05, 0.1) is 6.20 Å². The Morgan fingerprint density at radius 1 is 1.41 bits per heavy atom. The minimum atomic E-state index is -0.480. The SMILES string of the molecule is Cc1c(CNCC(NC(=O)OC(C)(C)C)C(C)C)cnn1C. The molecule has 1 atom stereocenters. The van der Waals surface area contributed by atoms with Crippen LogP contribution in [-0.2, 0) is 18.3 Å². The molecule has 0 saturated heterocycles. The molecule has 0 aliphatic heterocycles. The van der Waals surface area contributed by atoms with Crippen molar-refractivity contribution in [1.82, 2.24) is 20.4 Å². The quantitative estimate of drug-likeness (QED) is 0.846. The highest BCUT2D eigenvalue weighted by Crippen LogP contribution is 2.09. The normalized spacial score (nSPS) is 13.3. The van der Waals surface area contributed by atoms with E-state index in [9.17, 15) is 4.79 Å². The van der Waals surface area contributed by atoms with Crippen LogP contribution in [0.1, 0.15) is 45.9 Å². The van der Waals surface area contributed by atoms with Crippen molar-refractivity contribution >= 4 is 6.09 Å². The van der Waals surface area contributed by atoms with Gasteiger partial charge in [-0.3, -0.25) is 4.68 Å². The zero-order valence-corrected chi connectivity index (χ0v) is 14.9. The molecule has 0 aliphatic carbocycles. The number of aromatic nitrogens is 2. The van der Waals surface area contributed by atoms with Crippen LogP contribution in [0.5, 0.6) is 0 Å². The van der Waals surface area contributed by atoms with Crippen molar-refractivity contribution in [2.75, 3.05) is 6.54 Å². The molecular weight excluding hydrogens is 280 g/mol. The number of aryl methyl sites for hydroxylation is 1. The molecule has 0 aromatic carbocycles. The van der Waals surface area contributed by atoms with E-state index >= 15 is 0 Å². The van der Waals surface area contributed by atoms with E-state index in [2.05, 4.69) is 29.6 Å². The summed E-state index contributed by atoms with van der Waals surface area (Å²) < 4.78 is 7.17. The number of nitrogens with zero attached hydrogens (tertiary/aromatic N) is 2. The van der Waals surface area contributed by atoms with E-state index in [0.29, 0.717) is 12.5 Å². The van der Waals surface area contributed by atoms with E-state index in [4.69, 9.17) is 4.74 Å². The van der Waals surface area contributed by atoms with Gasteiger partial charge in [-0.1, -0.05) is 13.8 Å². The number of carbonyl (C=O) groups is 1. The second-order valence-corrected chi connectivity index (χ2v) is 7.01. The molecule has 1 aromatic heterocycles. The largest absolute Gasteiger partial charge is 0.444 e. The Balaban J connectivity index is 2.48. The summed E-state index contributed by atoms with van der Waals surface area (Å²) in [6, 6.07) is 0.0202. The number of amides is 1. The molecule has 1 unspecified atom stereocenters. The topological polar surface area (TPSA) is 68.2 Å². The van der Waals surface area contributed by atoms with E-state index in [-0.39, 0.29) is 12.1 Å². The lowest BCUT2D eigenvalue weighted by Crippen LogP contribution is -2.46. The molecule has 6 heteroatoms. The highest BCUT2D eigenvalue weighted by Gasteiger charge is 2.21. The van der Waals surface area contributed by atoms with E-state index < -0.39 is 5.60 Å². The minimum absolute atomic E-state index is 0.0202. The number of carbonyl (C=O) groups excluding carboxylic acids is 1. The van der Waals surface area contributed by atoms with Crippen molar-refractivity contribution in [1.29, 1.82) is 0 Å². The van der Waals surface area contributed by atoms with Crippen LogP contribution in [0.15, 0.2) is 6.20 Å². The fourth-order valence-corrected chi connectivity index (χ4v) is 1.99. The third-order valence-corrected chi connectivity index (χ3v) is 3.52. The fourth-order valence-electron chi connectivity index (χ4n) is 1.99. The van der Waals surface area contributed by atoms with Gasteiger partial charge in [0.1, 0.15) is 5.60 Å². The summed E-state index contributed by atoms with van der Waals surface area (Å²) in [7, 11) is 1.93. The predicted octanol–water partition coefficient (Wildman–Crippen LogP) is 2.37. The van der Waals surface area contributed by atoms with Gasteiger partial charge in [0.25, 0.3) is 0 Å². The smallest absolute Gasteiger partial charge is 0.407 e. The van der Waals surface area contributed by atoms with Crippen molar-refractivity contribution in [3.8, 4) is 0 Å².